The van der Waals surface area contributed by atoms with E-state index in [-0.39, 0.29) is 17.3 Å². The fourth-order valence-corrected chi connectivity index (χ4v) is 5.17. The number of fused-ring (bicyclic) bond motifs is 1. The normalized spacial score (nSPS) is 15.6. The van der Waals surface area contributed by atoms with E-state index in [9.17, 15) is 14.4 Å². The fourth-order valence-electron chi connectivity index (χ4n) is 5.17. The molecule has 38 heavy (non-hydrogen) atoms. The number of nitrogen functional groups attached to an aromatic ring is 1. The number of hydrogen-bond acceptors (Lipinski definition) is 6. The van der Waals surface area contributed by atoms with Gasteiger partial charge in [0.15, 0.2) is 0 Å². The molecule has 0 radical (unpaired) electrons. The third kappa shape index (κ3) is 5.72. The van der Waals surface area contributed by atoms with Gasteiger partial charge in [-0.25, -0.2) is 4.98 Å². The van der Waals surface area contributed by atoms with E-state index in [0.717, 1.165) is 37.1 Å². The third-order valence-corrected chi connectivity index (χ3v) is 7.28. The molecule has 0 spiro atoms. The Hall–Kier alpha value is -3.72. The van der Waals surface area contributed by atoms with E-state index in [0.29, 0.717) is 48.8 Å². The monoisotopic (exact) mass is 518 g/mol. The van der Waals surface area contributed by atoms with Gasteiger partial charge in [-0.15, -0.1) is 0 Å². The summed E-state index contributed by atoms with van der Waals surface area (Å²) in [6.07, 6.45) is 3.40. The Balaban J connectivity index is 1.52. The maximum Gasteiger partial charge on any atom is 0.258 e. The molecule has 1 fully saturated rings. The van der Waals surface area contributed by atoms with E-state index in [2.05, 4.69) is 22.5 Å². The second-order valence-electron chi connectivity index (χ2n) is 9.76. The first-order valence-corrected chi connectivity index (χ1v) is 13.6. The van der Waals surface area contributed by atoms with Crippen molar-refractivity contribution >= 4 is 28.7 Å². The minimum atomic E-state index is -0.465. The smallest absolute Gasteiger partial charge is 0.258 e. The molecule has 3 heterocycles. The molecule has 0 saturated carbocycles. The molecule has 3 aromatic rings. The lowest BCUT2D eigenvalue weighted by molar-refractivity contribution is -0.120. The quantitative estimate of drug-likeness (QED) is 0.379. The van der Waals surface area contributed by atoms with Gasteiger partial charge in [0.2, 0.25) is 11.3 Å². The topological polar surface area (TPSA) is 122 Å². The Morgan fingerprint density at radius 3 is 2.50 bits per heavy atom. The lowest BCUT2D eigenvalue weighted by Crippen LogP contribution is -2.40. The van der Waals surface area contributed by atoms with Crippen LogP contribution in [0, 0.1) is 0 Å². The van der Waals surface area contributed by atoms with Crippen LogP contribution in [0.25, 0.3) is 22.3 Å². The van der Waals surface area contributed by atoms with E-state index in [1.807, 2.05) is 38.1 Å². The molecule has 1 aliphatic heterocycles. The number of carbonyl (C=O) groups is 2. The number of pyridine rings is 2. The zero-order valence-corrected chi connectivity index (χ0v) is 22.5. The zero-order valence-electron chi connectivity index (χ0n) is 22.5. The summed E-state index contributed by atoms with van der Waals surface area (Å²) in [6.45, 7) is 9.74. The van der Waals surface area contributed by atoms with Crippen molar-refractivity contribution in [3.63, 3.8) is 0 Å². The average Bonchev–Trinajstić information content (AvgIpc) is 3.39. The van der Waals surface area contributed by atoms with Crippen LogP contribution < -0.4 is 21.8 Å². The largest absolute Gasteiger partial charge is 0.384 e. The molecule has 1 atom stereocenters. The Labute approximate surface area is 223 Å². The molecule has 1 saturated heterocycles. The predicted molar refractivity (Wildman–Crippen MR) is 151 cm³/mol. The number of nitrogens with two attached hydrogens (primary N) is 1. The van der Waals surface area contributed by atoms with E-state index in [4.69, 9.17) is 10.7 Å². The molecular weight excluding hydrogens is 480 g/mol. The van der Waals surface area contributed by atoms with Gasteiger partial charge in [-0.05, 0) is 57.0 Å². The standard InChI is InChI=1S/C29H38N6O3/c1-4-15-31-29(38)25-26(37)22-13-14-23(33-28(22)35(6-3)27(25)30)20-11-9-19(10-12-20)17-24(36)32-18-21-8-7-16-34(21)5-2/h9-14,21H,4-8,15-18,30H2,1-3H3,(H,31,38)(H,32,36). The van der Waals surface area contributed by atoms with E-state index in [1.54, 1.807) is 16.7 Å². The van der Waals surface area contributed by atoms with Gasteiger partial charge in [-0.2, -0.15) is 0 Å². The number of anilines is 1. The maximum absolute atomic E-state index is 13.2. The van der Waals surface area contributed by atoms with Crippen LogP contribution in [-0.4, -0.2) is 58.5 Å². The minimum absolute atomic E-state index is 0.0192. The fraction of sp³-hybridized carbons (Fsp3) is 0.448. The number of likely N-dealkylation sites (N-methyl/N-ethyl adjacent to an activating group) is 1. The van der Waals surface area contributed by atoms with E-state index in [1.165, 1.54) is 6.42 Å². The lowest BCUT2D eigenvalue weighted by Gasteiger charge is -2.22. The molecule has 9 heteroatoms. The number of likely N-dealkylation sites (tertiary alicyclic amines) is 1. The Bertz CT molecular complexity index is 1370. The summed E-state index contributed by atoms with van der Waals surface area (Å²) in [5, 5.41) is 6.18. The highest BCUT2D eigenvalue weighted by atomic mass is 16.2. The summed E-state index contributed by atoms with van der Waals surface area (Å²) in [4.78, 5) is 45.5. The summed E-state index contributed by atoms with van der Waals surface area (Å²) in [5.74, 6) is -0.330. The third-order valence-electron chi connectivity index (χ3n) is 7.28. The second kappa shape index (κ2) is 12.2. The zero-order chi connectivity index (χ0) is 27.2. The number of nitrogens with zero attached hydrogens (tertiary/aromatic N) is 3. The summed E-state index contributed by atoms with van der Waals surface area (Å²) < 4.78 is 1.70. The van der Waals surface area contributed by atoms with Gasteiger partial charge in [0, 0.05) is 31.2 Å². The summed E-state index contributed by atoms with van der Waals surface area (Å²) in [5.41, 5.74) is 8.73. The molecule has 9 nitrogen and oxygen atoms in total. The first-order valence-electron chi connectivity index (χ1n) is 13.6. The van der Waals surface area contributed by atoms with Crippen LogP contribution in [0.5, 0.6) is 0 Å². The van der Waals surface area contributed by atoms with Crippen LogP contribution >= 0.6 is 0 Å². The number of nitrogens with one attached hydrogen (secondary N) is 2. The van der Waals surface area contributed by atoms with Crippen molar-refractivity contribution in [3.8, 4) is 11.3 Å². The lowest BCUT2D eigenvalue weighted by atomic mass is 10.0. The molecular formula is C29H38N6O3. The maximum atomic E-state index is 13.2. The summed E-state index contributed by atoms with van der Waals surface area (Å²) in [7, 11) is 0. The number of carbonyl (C=O) groups excluding carboxylic acids is 2. The van der Waals surface area contributed by atoms with Gasteiger partial charge in [0.1, 0.15) is 17.0 Å². The highest BCUT2D eigenvalue weighted by molar-refractivity contribution is 6.01. The van der Waals surface area contributed by atoms with Crippen molar-refractivity contribution in [1.82, 2.24) is 25.1 Å². The van der Waals surface area contributed by atoms with Crippen molar-refractivity contribution in [2.24, 2.45) is 0 Å². The molecule has 1 aliphatic rings. The van der Waals surface area contributed by atoms with Crippen LogP contribution in [-0.2, 0) is 17.8 Å². The minimum Gasteiger partial charge on any atom is -0.384 e. The highest BCUT2D eigenvalue weighted by Gasteiger charge is 2.23. The number of aromatic nitrogens is 2. The number of hydrogen-bond donors (Lipinski definition) is 3. The van der Waals surface area contributed by atoms with Gasteiger partial charge in [-0.3, -0.25) is 19.3 Å². The van der Waals surface area contributed by atoms with Crippen LogP contribution in [0.3, 0.4) is 0 Å². The molecule has 1 aromatic carbocycles. The van der Waals surface area contributed by atoms with Crippen LogP contribution in [0.4, 0.5) is 5.82 Å². The average molecular weight is 519 g/mol. The Kier molecular flexibility index (Phi) is 8.78. The van der Waals surface area contributed by atoms with E-state index >= 15 is 0 Å². The van der Waals surface area contributed by atoms with Gasteiger partial charge in [0.05, 0.1) is 17.5 Å². The van der Waals surface area contributed by atoms with Crippen molar-refractivity contribution in [1.29, 1.82) is 0 Å². The SMILES string of the molecule is CCCNC(=O)c1c(N)n(CC)c2nc(-c3ccc(CC(=O)NCC4CCCN4CC)cc3)ccc2c1=O. The number of benzene rings is 1. The predicted octanol–water partition coefficient (Wildman–Crippen LogP) is 2.95. The Morgan fingerprint density at radius 1 is 1.05 bits per heavy atom. The van der Waals surface area contributed by atoms with Crippen molar-refractivity contribution in [3.05, 3.63) is 57.7 Å². The Morgan fingerprint density at radius 2 is 1.82 bits per heavy atom. The number of amides is 2. The molecule has 4 N–H and O–H groups in total. The van der Waals surface area contributed by atoms with Crippen LogP contribution in [0.15, 0.2) is 41.2 Å². The van der Waals surface area contributed by atoms with Crippen LogP contribution in [0.2, 0.25) is 0 Å². The number of aryl methyl sites for hydroxylation is 1. The van der Waals surface area contributed by atoms with Gasteiger partial charge in [0.25, 0.3) is 5.91 Å². The first-order chi connectivity index (χ1) is 18.4. The molecule has 202 valence electrons. The summed E-state index contributed by atoms with van der Waals surface area (Å²) >= 11 is 0. The van der Waals surface area contributed by atoms with Gasteiger partial charge >= 0.3 is 0 Å². The highest BCUT2D eigenvalue weighted by Crippen LogP contribution is 2.23. The first kappa shape index (κ1) is 27.3. The van der Waals surface area contributed by atoms with Gasteiger partial charge in [-0.1, -0.05) is 38.1 Å². The molecule has 1 unspecified atom stereocenters. The molecule has 0 aliphatic carbocycles. The second-order valence-corrected chi connectivity index (χ2v) is 9.76. The number of rotatable bonds is 10. The molecule has 2 amide bonds. The van der Waals surface area contributed by atoms with Crippen LogP contribution in [0.1, 0.15) is 56.0 Å². The summed E-state index contributed by atoms with van der Waals surface area (Å²) in [6, 6.07) is 11.6. The van der Waals surface area contributed by atoms with E-state index < -0.39 is 11.3 Å². The molecule has 4 rings (SSSR count). The molecule has 2 aromatic heterocycles. The van der Waals surface area contributed by atoms with Gasteiger partial charge < -0.3 is 20.9 Å². The van der Waals surface area contributed by atoms with Crippen molar-refractivity contribution in [2.45, 2.75) is 59.0 Å². The van der Waals surface area contributed by atoms with Crippen molar-refractivity contribution < 1.29 is 9.59 Å². The molecule has 0 bridgehead atoms. The van der Waals surface area contributed by atoms with Crippen molar-refractivity contribution in [2.75, 3.05) is 31.9 Å².